The van der Waals surface area contributed by atoms with Crippen molar-refractivity contribution in [2.45, 2.75) is 25.9 Å². The lowest BCUT2D eigenvalue weighted by molar-refractivity contribution is -0.383. The topological polar surface area (TPSA) is 88.0 Å². The zero-order valence-electron chi connectivity index (χ0n) is 14.4. The molecule has 2 fully saturated rings. The zero-order valence-corrected chi connectivity index (χ0v) is 14.4. The van der Waals surface area contributed by atoms with Crippen LogP contribution in [-0.4, -0.2) is 61.2 Å². The standard InChI is InChI=1S/C17H24N4O4/c1-13(22)19-6-8-20(9-7-19)14-4-5-17(21(23)24)16(11-14)18-12-15-3-2-10-25-15/h4-5,11,15,18H,2-3,6-10,12H2,1H3/t15-/m0/s1. The number of anilines is 2. The number of hydrogen-bond acceptors (Lipinski definition) is 6. The largest absolute Gasteiger partial charge is 0.377 e. The van der Waals surface area contributed by atoms with Crippen molar-refractivity contribution in [3.05, 3.63) is 28.3 Å². The van der Waals surface area contributed by atoms with Crippen LogP contribution in [0.15, 0.2) is 18.2 Å². The molecule has 1 N–H and O–H groups in total. The number of ether oxygens (including phenoxy) is 1. The van der Waals surface area contributed by atoms with Crippen molar-refractivity contribution in [1.82, 2.24) is 4.90 Å². The molecule has 136 valence electrons. The average Bonchev–Trinajstić information content (AvgIpc) is 3.13. The van der Waals surface area contributed by atoms with Gasteiger partial charge in [-0.25, -0.2) is 0 Å². The SMILES string of the molecule is CC(=O)N1CCN(c2ccc([N+](=O)[O-])c(NC[C@@H]3CCCO3)c2)CC1. The third-order valence-electron chi connectivity index (χ3n) is 4.81. The molecule has 0 radical (unpaired) electrons. The van der Waals surface area contributed by atoms with Crippen molar-refractivity contribution in [1.29, 1.82) is 0 Å². The van der Waals surface area contributed by atoms with Crippen LogP contribution >= 0.6 is 0 Å². The molecule has 8 nitrogen and oxygen atoms in total. The fourth-order valence-corrected chi connectivity index (χ4v) is 3.33. The number of benzene rings is 1. The number of nitrogens with one attached hydrogen (secondary N) is 1. The number of nitrogens with zero attached hydrogens (tertiary/aromatic N) is 3. The van der Waals surface area contributed by atoms with Gasteiger partial charge in [0.1, 0.15) is 5.69 Å². The first-order valence-electron chi connectivity index (χ1n) is 8.69. The second kappa shape index (κ2) is 7.69. The molecule has 0 saturated carbocycles. The molecular formula is C17H24N4O4. The summed E-state index contributed by atoms with van der Waals surface area (Å²) in [5, 5.41) is 14.5. The number of amides is 1. The maximum absolute atomic E-state index is 11.4. The van der Waals surface area contributed by atoms with Crippen LogP contribution in [0, 0.1) is 10.1 Å². The number of carbonyl (C=O) groups is 1. The van der Waals surface area contributed by atoms with Gasteiger partial charge in [-0.3, -0.25) is 14.9 Å². The van der Waals surface area contributed by atoms with E-state index in [9.17, 15) is 14.9 Å². The van der Waals surface area contributed by atoms with E-state index in [1.807, 2.05) is 11.0 Å². The summed E-state index contributed by atoms with van der Waals surface area (Å²) >= 11 is 0. The number of hydrogen-bond donors (Lipinski definition) is 1. The predicted octanol–water partition coefficient (Wildman–Crippen LogP) is 1.85. The Balaban J connectivity index is 1.71. The van der Waals surface area contributed by atoms with Crippen LogP contribution in [0.25, 0.3) is 0 Å². The van der Waals surface area contributed by atoms with Gasteiger partial charge in [-0.15, -0.1) is 0 Å². The van der Waals surface area contributed by atoms with E-state index in [-0.39, 0.29) is 22.6 Å². The Kier molecular flexibility index (Phi) is 5.37. The molecule has 2 aliphatic heterocycles. The summed E-state index contributed by atoms with van der Waals surface area (Å²) in [7, 11) is 0. The molecular weight excluding hydrogens is 324 g/mol. The van der Waals surface area contributed by atoms with Gasteiger partial charge in [-0.1, -0.05) is 0 Å². The summed E-state index contributed by atoms with van der Waals surface area (Å²) in [6, 6.07) is 5.15. The van der Waals surface area contributed by atoms with Crippen LogP contribution in [0.1, 0.15) is 19.8 Å². The Hall–Kier alpha value is -2.35. The summed E-state index contributed by atoms with van der Waals surface area (Å²) < 4.78 is 5.58. The molecule has 3 rings (SSSR count). The normalized spacial score (nSPS) is 20.6. The first kappa shape index (κ1) is 17.5. The van der Waals surface area contributed by atoms with Gasteiger partial charge in [-0.2, -0.15) is 0 Å². The van der Waals surface area contributed by atoms with E-state index < -0.39 is 0 Å². The van der Waals surface area contributed by atoms with E-state index in [2.05, 4.69) is 10.2 Å². The molecule has 1 atom stereocenters. The monoisotopic (exact) mass is 348 g/mol. The van der Waals surface area contributed by atoms with Gasteiger partial charge in [0, 0.05) is 58.0 Å². The summed E-state index contributed by atoms with van der Waals surface area (Å²) in [5.41, 5.74) is 1.53. The summed E-state index contributed by atoms with van der Waals surface area (Å²) in [4.78, 5) is 26.3. The third-order valence-corrected chi connectivity index (χ3v) is 4.81. The highest BCUT2D eigenvalue weighted by molar-refractivity contribution is 5.74. The molecule has 2 heterocycles. The minimum absolute atomic E-state index is 0.0733. The molecule has 25 heavy (non-hydrogen) atoms. The molecule has 2 aliphatic rings. The minimum Gasteiger partial charge on any atom is -0.377 e. The van der Waals surface area contributed by atoms with Crippen molar-refractivity contribution in [2.24, 2.45) is 0 Å². The number of nitro benzene ring substituents is 1. The van der Waals surface area contributed by atoms with Crippen LogP contribution in [0.2, 0.25) is 0 Å². The van der Waals surface area contributed by atoms with Gasteiger partial charge < -0.3 is 19.9 Å². The van der Waals surface area contributed by atoms with Gasteiger partial charge in [0.2, 0.25) is 5.91 Å². The molecule has 0 unspecified atom stereocenters. The minimum atomic E-state index is -0.366. The number of carbonyl (C=O) groups excluding carboxylic acids is 1. The van der Waals surface area contributed by atoms with Gasteiger partial charge >= 0.3 is 0 Å². The quantitative estimate of drug-likeness (QED) is 0.645. The van der Waals surface area contributed by atoms with E-state index in [0.29, 0.717) is 25.3 Å². The van der Waals surface area contributed by atoms with Crippen LogP contribution in [0.3, 0.4) is 0 Å². The molecule has 0 aromatic heterocycles. The second-order valence-corrected chi connectivity index (χ2v) is 6.47. The second-order valence-electron chi connectivity index (χ2n) is 6.47. The first-order valence-corrected chi connectivity index (χ1v) is 8.69. The molecule has 1 amide bonds. The van der Waals surface area contributed by atoms with Crippen LogP contribution < -0.4 is 10.2 Å². The lowest BCUT2D eigenvalue weighted by atomic mass is 10.2. The van der Waals surface area contributed by atoms with Crippen LogP contribution in [-0.2, 0) is 9.53 Å². The fourth-order valence-electron chi connectivity index (χ4n) is 3.33. The van der Waals surface area contributed by atoms with E-state index in [0.717, 1.165) is 38.2 Å². The van der Waals surface area contributed by atoms with Crippen LogP contribution in [0.5, 0.6) is 0 Å². The summed E-state index contributed by atoms with van der Waals surface area (Å²) in [6.07, 6.45) is 2.13. The van der Waals surface area contributed by atoms with Gasteiger partial charge in [-0.05, 0) is 25.0 Å². The highest BCUT2D eigenvalue weighted by atomic mass is 16.6. The Bertz CT molecular complexity index is 638. The van der Waals surface area contributed by atoms with Gasteiger partial charge in [0.05, 0.1) is 11.0 Å². The van der Waals surface area contributed by atoms with E-state index in [1.54, 1.807) is 19.1 Å². The molecule has 1 aromatic carbocycles. The Morgan fingerprint density at radius 3 is 2.72 bits per heavy atom. The maximum Gasteiger partial charge on any atom is 0.292 e. The van der Waals surface area contributed by atoms with E-state index in [4.69, 9.17) is 4.74 Å². The smallest absolute Gasteiger partial charge is 0.292 e. The van der Waals surface area contributed by atoms with Crippen molar-refractivity contribution >= 4 is 23.0 Å². The average molecular weight is 348 g/mol. The molecule has 2 saturated heterocycles. The first-order chi connectivity index (χ1) is 12.0. The molecule has 1 aromatic rings. The molecule has 8 heteroatoms. The Morgan fingerprint density at radius 1 is 1.36 bits per heavy atom. The van der Waals surface area contributed by atoms with Gasteiger partial charge in [0.15, 0.2) is 0 Å². The Labute approximate surface area is 146 Å². The van der Waals surface area contributed by atoms with Crippen molar-refractivity contribution in [3.8, 4) is 0 Å². The fraction of sp³-hybridized carbons (Fsp3) is 0.588. The predicted molar refractivity (Wildman–Crippen MR) is 95.0 cm³/mol. The number of piperazine rings is 1. The van der Waals surface area contributed by atoms with Crippen molar-refractivity contribution in [3.63, 3.8) is 0 Å². The molecule has 0 bridgehead atoms. The Morgan fingerprint density at radius 2 is 2.12 bits per heavy atom. The maximum atomic E-state index is 11.4. The van der Waals surface area contributed by atoms with Gasteiger partial charge in [0.25, 0.3) is 5.69 Å². The van der Waals surface area contributed by atoms with Crippen LogP contribution in [0.4, 0.5) is 17.1 Å². The zero-order chi connectivity index (χ0) is 17.8. The van der Waals surface area contributed by atoms with E-state index >= 15 is 0 Å². The number of nitro groups is 1. The third kappa shape index (κ3) is 4.19. The van der Waals surface area contributed by atoms with Crippen molar-refractivity contribution < 1.29 is 14.5 Å². The lowest BCUT2D eigenvalue weighted by Gasteiger charge is -2.35. The summed E-state index contributed by atoms with van der Waals surface area (Å²) in [5.74, 6) is 0.0854. The number of rotatable bonds is 5. The molecule has 0 spiro atoms. The highest BCUT2D eigenvalue weighted by Crippen LogP contribution is 2.30. The van der Waals surface area contributed by atoms with Crippen molar-refractivity contribution in [2.75, 3.05) is 49.5 Å². The van der Waals surface area contributed by atoms with E-state index in [1.165, 1.54) is 0 Å². The molecule has 0 aliphatic carbocycles. The highest BCUT2D eigenvalue weighted by Gasteiger charge is 2.22. The summed E-state index contributed by atoms with van der Waals surface area (Å²) in [6.45, 7) is 5.70. The lowest BCUT2D eigenvalue weighted by Crippen LogP contribution is -2.48.